The molecule has 0 saturated carbocycles. The molecule has 0 atom stereocenters. The summed E-state index contributed by atoms with van der Waals surface area (Å²) in [5.74, 6) is -2.24. The Hall–Kier alpha value is -2.97. The highest BCUT2D eigenvalue weighted by Crippen LogP contribution is 2.08. The van der Waals surface area contributed by atoms with Crippen LogP contribution in [0, 0.1) is 0 Å². The molecule has 0 aliphatic heterocycles. The summed E-state index contributed by atoms with van der Waals surface area (Å²) < 4.78 is 9.72. The van der Waals surface area contributed by atoms with Gasteiger partial charge < -0.3 is 20.5 Å². The molecule has 25 heavy (non-hydrogen) atoms. The van der Waals surface area contributed by atoms with Crippen LogP contribution in [0.5, 0.6) is 0 Å². The Kier molecular flexibility index (Phi) is 7.51. The number of ether oxygens (including phenoxy) is 2. The monoisotopic (exact) mass is 351 g/mol. The molecule has 0 unspecified atom stereocenters. The Morgan fingerprint density at radius 3 is 2.40 bits per heavy atom. The molecule has 0 saturated heterocycles. The summed E-state index contributed by atoms with van der Waals surface area (Å²) in [4.78, 5) is 49.7. The molecule has 0 bridgehead atoms. The molecule has 1 heterocycles. The van der Waals surface area contributed by atoms with Gasteiger partial charge in [-0.15, -0.1) is 0 Å². The van der Waals surface area contributed by atoms with Gasteiger partial charge in [-0.25, -0.2) is 0 Å². The summed E-state index contributed by atoms with van der Waals surface area (Å²) in [5, 5.41) is 2.40. The van der Waals surface area contributed by atoms with E-state index in [2.05, 4.69) is 10.3 Å². The number of nitrogens with one attached hydrogen (secondary N) is 1. The largest absolute Gasteiger partial charge is 0.462 e. The minimum absolute atomic E-state index is 0.138. The second-order valence-electron chi connectivity index (χ2n) is 5.48. The van der Waals surface area contributed by atoms with Gasteiger partial charge in [0.25, 0.3) is 0 Å². The van der Waals surface area contributed by atoms with Crippen LogP contribution in [-0.2, 0) is 36.9 Å². The number of carbonyl (C=O) groups is 4. The maximum absolute atomic E-state index is 11.9. The van der Waals surface area contributed by atoms with Crippen molar-refractivity contribution in [3.63, 3.8) is 0 Å². The number of primary amides is 1. The minimum Gasteiger partial charge on any atom is -0.462 e. The first-order valence-corrected chi connectivity index (χ1v) is 7.56. The highest BCUT2D eigenvalue weighted by atomic mass is 16.5. The molecule has 0 fully saturated rings. The zero-order valence-corrected chi connectivity index (χ0v) is 14.3. The summed E-state index contributed by atoms with van der Waals surface area (Å²) in [6.45, 7) is 4.22. The number of hydrogen-bond acceptors (Lipinski definition) is 7. The first-order chi connectivity index (χ1) is 11.7. The predicted molar refractivity (Wildman–Crippen MR) is 86.2 cm³/mol. The number of amides is 2. The smallest absolute Gasteiger partial charge is 0.325 e. The van der Waals surface area contributed by atoms with Crippen LogP contribution in [0.15, 0.2) is 12.1 Å². The van der Waals surface area contributed by atoms with Gasteiger partial charge in [0.1, 0.15) is 13.2 Å². The lowest BCUT2D eigenvalue weighted by Gasteiger charge is -2.10. The van der Waals surface area contributed by atoms with Crippen LogP contribution in [0.2, 0.25) is 0 Å². The first kappa shape index (κ1) is 20.1. The van der Waals surface area contributed by atoms with Crippen LogP contribution in [0.3, 0.4) is 0 Å². The lowest BCUT2D eigenvalue weighted by atomic mass is 10.1. The number of rotatable bonds is 8. The highest BCUT2D eigenvalue weighted by molar-refractivity contribution is 5.93. The van der Waals surface area contributed by atoms with Crippen molar-refractivity contribution in [3.8, 4) is 0 Å². The predicted octanol–water partition coefficient (Wildman–Crippen LogP) is -0.146. The fourth-order valence-electron chi connectivity index (χ4n) is 1.83. The van der Waals surface area contributed by atoms with Crippen molar-refractivity contribution >= 4 is 23.8 Å². The molecular formula is C16H21N3O6. The third-order valence-electron chi connectivity index (χ3n) is 2.78. The molecule has 1 aromatic heterocycles. The van der Waals surface area contributed by atoms with E-state index in [1.54, 1.807) is 13.8 Å². The third-order valence-corrected chi connectivity index (χ3v) is 2.78. The average molecular weight is 351 g/mol. The second kappa shape index (κ2) is 9.36. The SMILES string of the molecule is CC(=O)OCc1cc(C(N)=O)cc(CC(=O)NCC(=O)OC(C)C)n1. The fourth-order valence-corrected chi connectivity index (χ4v) is 1.83. The number of esters is 2. The van der Waals surface area contributed by atoms with Gasteiger partial charge in [-0.05, 0) is 26.0 Å². The van der Waals surface area contributed by atoms with Gasteiger partial charge in [-0.2, -0.15) is 0 Å². The first-order valence-electron chi connectivity index (χ1n) is 7.56. The van der Waals surface area contributed by atoms with Gasteiger partial charge in [0, 0.05) is 12.5 Å². The summed E-state index contributed by atoms with van der Waals surface area (Å²) in [5.41, 5.74) is 5.93. The number of aromatic nitrogens is 1. The van der Waals surface area contributed by atoms with E-state index in [0.29, 0.717) is 0 Å². The van der Waals surface area contributed by atoms with E-state index >= 15 is 0 Å². The highest BCUT2D eigenvalue weighted by Gasteiger charge is 2.13. The van der Waals surface area contributed by atoms with E-state index in [9.17, 15) is 19.2 Å². The van der Waals surface area contributed by atoms with Crippen LogP contribution in [0.1, 0.15) is 42.5 Å². The fraction of sp³-hybridized carbons (Fsp3) is 0.438. The van der Waals surface area contributed by atoms with Crippen molar-refractivity contribution in [2.75, 3.05) is 6.54 Å². The van der Waals surface area contributed by atoms with Crippen molar-refractivity contribution in [3.05, 3.63) is 29.1 Å². The van der Waals surface area contributed by atoms with Crippen molar-refractivity contribution in [1.29, 1.82) is 0 Å². The lowest BCUT2D eigenvalue weighted by molar-refractivity contribution is -0.147. The summed E-state index contributed by atoms with van der Waals surface area (Å²) in [7, 11) is 0. The Bertz CT molecular complexity index is 672. The number of nitrogens with two attached hydrogens (primary N) is 1. The van der Waals surface area contributed by atoms with Crippen LogP contribution in [-0.4, -0.2) is 41.4 Å². The molecule has 9 nitrogen and oxygen atoms in total. The molecule has 3 N–H and O–H groups in total. The van der Waals surface area contributed by atoms with E-state index in [-0.39, 0.29) is 42.6 Å². The normalized spacial score (nSPS) is 10.2. The van der Waals surface area contributed by atoms with Gasteiger partial charge in [-0.3, -0.25) is 24.2 Å². The molecule has 0 spiro atoms. The Balaban J connectivity index is 2.75. The van der Waals surface area contributed by atoms with Crippen molar-refractivity contribution < 1.29 is 28.7 Å². The zero-order chi connectivity index (χ0) is 19.0. The summed E-state index contributed by atoms with van der Waals surface area (Å²) >= 11 is 0. The molecule has 136 valence electrons. The van der Waals surface area contributed by atoms with Crippen molar-refractivity contribution in [1.82, 2.24) is 10.3 Å². The van der Waals surface area contributed by atoms with Crippen LogP contribution in [0.25, 0.3) is 0 Å². The van der Waals surface area contributed by atoms with Crippen LogP contribution in [0.4, 0.5) is 0 Å². The maximum Gasteiger partial charge on any atom is 0.325 e. The molecule has 0 aliphatic rings. The van der Waals surface area contributed by atoms with Crippen molar-refractivity contribution in [2.45, 2.75) is 39.9 Å². The van der Waals surface area contributed by atoms with Crippen LogP contribution < -0.4 is 11.1 Å². The average Bonchev–Trinajstić information content (AvgIpc) is 2.50. The quantitative estimate of drug-likeness (QED) is 0.621. The molecule has 0 aliphatic carbocycles. The Labute approximate surface area is 144 Å². The zero-order valence-electron chi connectivity index (χ0n) is 14.3. The van der Waals surface area contributed by atoms with E-state index < -0.39 is 23.8 Å². The van der Waals surface area contributed by atoms with E-state index in [1.807, 2.05) is 0 Å². The Morgan fingerprint density at radius 1 is 1.20 bits per heavy atom. The number of nitrogens with zero attached hydrogens (tertiary/aromatic N) is 1. The Morgan fingerprint density at radius 2 is 1.84 bits per heavy atom. The lowest BCUT2D eigenvalue weighted by Crippen LogP contribution is -2.33. The third kappa shape index (κ3) is 7.91. The molecule has 0 aromatic carbocycles. The summed E-state index contributed by atoms with van der Waals surface area (Å²) in [6.07, 6.45) is -0.453. The topological polar surface area (TPSA) is 138 Å². The standard InChI is InChI=1S/C16H21N3O6/c1-9(2)25-15(22)7-18-14(21)6-12-4-11(16(17)23)5-13(19-12)8-24-10(3)20/h4-5,9H,6-8H2,1-3H3,(H2,17,23)(H,18,21). The van der Waals surface area contributed by atoms with Gasteiger partial charge in [0.2, 0.25) is 11.8 Å². The number of carbonyl (C=O) groups excluding carboxylic acids is 4. The van der Waals surface area contributed by atoms with Gasteiger partial charge in [0.15, 0.2) is 0 Å². The van der Waals surface area contributed by atoms with Gasteiger partial charge in [0.05, 0.1) is 23.9 Å². The van der Waals surface area contributed by atoms with Crippen LogP contribution >= 0.6 is 0 Å². The second-order valence-corrected chi connectivity index (χ2v) is 5.48. The summed E-state index contributed by atoms with van der Waals surface area (Å²) in [6, 6.07) is 2.75. The molecule has 1 rings (SSSR count). The van der Waals surface area contributed by atoms with E-state index in [1.165, 1.54) is 19.1 Å². The molecule has 2 amide bonds. The molecule has 0 radical (unpaired) electrons. The molecule has 1 aromatic rings. The number of pyridine rings is 1. The van der Waals surface area contributed by atoms with E-state index in [4.69, 9.17) is 15.2 Å². The number of hydrogen-bond donors (Lipinski definition) is 2. The maximum atomic E-state index is 11.9. The van der Waals surface area contributed by atoms with Crippen molar-refractivity contribution in [2.24, 2.45) is 5.73 Å². The minimum atomic E-state index is -0.700. The van der Waals surface area contributed by atoms with E-state index in [0.717, 1.165) is 0 Å². The molecular weight excluding hydrogens is 330 g/mol. The molecule has 9 heteroatoms. The van der Waals surface area contributed by atoms with Gasteiger partial charge in [-0.1, -0.05) is 0 Å². The van der Waals surface area contributed by atoms with Gasteiger partial charge >= 0.3 is 11.9 Å².